The molecule has 0 bridgehead atoms. The number of aromatic amines is 1. The van der Waals surface area contributed by atoms with Crippen molar-refractivity contribution < 1.29 is 22.7 Å². The van der Waals surface area contributed by atoms with E-state index < -0.39 is 24.7 Å². The van der Waals surface area contributed by atoms with E-state index in [0.29, 0.717) is 60.4 Å². The third-order valence-electron chi connectivity index (χ3n) is 4.86. The van der Waals surface area contributed by atoms with Crippen LogP contribution in [0, 0.1) is 0 Å². The first-order valence-corrected chi connectivity index (χ1v) is 9.90. The minimum Gasteiger partial charge on any atom is -0.378 e. The highest BCUT2D eigenvalue weighted by Gasteiger charge is 2.29. The van der Waals surface area contributed by atoms with E-state index in [9.17, 15) is 18.0 Å². The lowest BCUT2D eigenvalue weighted by Crippen LogP contribution is -2.42. The number of aromatic nitrogens is 5. The summed E-state index contributed by atoms with van der Waals surface area (Å²) in [6.45, 7) is 2.38. The Balaban J connectivity index is 1.64. The van der Waals surface area contributed by atoms with Gasteiger partial charge in [-0.25, -0.2) is 19.9 Å². The van der Waals surface area contributed by atoms with Gasteiger partial charge in [0.15, 0.2) is 5.82 Å². The van der Waals surface area contributed by atoms with Crippen LogP contribution in [0.25, 0.3) is 22.4 Å². The van der Waals surface area contributed by atoms with Gasteiger partial charge in [0.25, 0.3) is 0 Å². The molecule has 0 spiro atoms. The van der Waals surface area contributed by atoms with Gasteiger partial charge < -0.3 is 25.3 Å². The monoisotopic (exact) mass is 450 g/mol. The second kappa shape index (κ2) is 8.94. The van der Waals surface area contributed by atoms with E-state index in [1.165, 1.54) is 13.3 Å². The van der Waals surface area contributed by atoms with Crippen LogP contribution in [0.3, 0.4) is 0 Å². The summed E-state index contributed by atoms with van der Waals surface area (Å²) >= 11 is 0. The van der Waals surface area contributed by atoms with Crippen LogP contribution in [0.4, 0.5) is 24.8 Å². The number of carbonyl (C=O) groups is 1. The number of rotatable bonds is 6. The summed E-state index contributed by atoms with van der Waals surface area (Å²) in [6.07, 6.45) is 0.278. The van der Waals surface area contributed by atoms with Gasteiger partial charge in [-0.2, -0.15) is 13.2 Å². The van der Waals surface area contributed by atoms with Gasteiger partial charge in [-0.3, -0.25) is 4.79 Å². The van der Waals surface area contributed by atoms with Crippen molar-refractivity contribution in [2.24, 2.45) is 0 Å². The van der Waals surface area contributed by atoms with Gasteiger partial charge in [0.2, 0.25) is 5.91 Å². The van der Waals surface area contributed by atoms with Crippen LogP contribution in [0.15, 0.2) is 24.8 Å². The van der Waals surface area contributed by atoms with Crippen molar-refractivity contribution in [3.05, 3.63) is 24.8 Å². The van der Waals surface area contributed by atoms with Crippen LogP contribution < -0.4 is 15.5 Å². The number of fused-ring (bicyclic) bond motifs is 1. The predicted molar refractivity (Wildman–Crippen MR) is 110 cm³/mol. The molecule has 1 unspecified atom stereocenters. The quantitative estimate of drug-likeness (QED) is 0.519. The highest BCUT2D eigenvalue weighted by atomic mass is 19.4. The topological polar surface area (TPSA) is 121 Å². The summed E-state index contributed by atoms with van der Waals surface area (Å²) in [5.41, 5.74) is 1.28. The second-order valence-corrected chi connectivity index (χ2v) is 7.22. The number of H-pyrrole nitrogens is 1. The van der Waals surface area contributed by atoms with Crippen molar-refractivity contribution in [3.8, 4) is 11.4 Å². The highest BCUT2D eigenvalue weighted by Crippen LogP contribution is 2.28. The molecule has 1 fully saturated rings. The predicted octanol–water partition coefficient (Wildman–Crippen LogP) is 1.73. The Bertz CT molecular complexity index is 1100. The van der Waals surface area contributed by atoms with E-state index in [0.717, 1.165) is 0 Å². The number of alkyl halides is 3. The molecule has 170 valence electrons. The fraction of sp³-hybridized carbons (Fsp3) is 0.421. The molecule has 4 rings (SSSR count). The van der Waals surface area contributed by atoms with Crippen LogP contribution in [0.5, 0.6) is 0 Å². The maximum Gasteiger partial charge on any atom is 0.405 e. The lowest BCUT2D eigenvalue weighted by atomic mass is 10.2. The molecule has 32 heavy (non-hydrogen) atoms. The third-order valence-corrected chi connectivity index (χ3v) is 4.86. The standard InChI is InChI=1S/C19H21F3N8O2/c1-11(18(31)25-9-19(20,21)22)27-14-6-15(30-2-4-32-5-3-30)29-17(28-14)13-8-24-16-12(13)7-23-10-26-16/h6-8,10-11H,2-5,9H2,1H3,(H,25,31)(H,23,24,26)(H,27,28,29). The lowest BCUT2D eigenvalue weighted by molar-refractivity contribution is -0.138. The van der Waals surface area contributed by atoms with E-state index in [1.54, 1.807) is 18.5 Å². The molecule has 10 nitrogen and oxygen atoms in total. The number of halogens is 3. The van der Waals surface area contributed by atoms with Gasteiger partial charge in [-0.1, -0.05) is 0 Å². The van der Waals surface area contributed by atoms with Gasteiger partial charge in [0.05, 0.1) is 13.2 Å². The van der Waals surface area contributed by atoms with Gasteiger partial charge in [-0.05, 0) is 6.92 Å². The molecule has 0 radical (unpaired) electrons. The van der Waals surface area contributed by atoms with Crippen LogP contribution in [0.1, 0.15) is 6.92 Å². The minimum absolute atomic E-state index is 0.303. The zero-order chi connectivity index (χ0) is 22.7. The second-order valence-electron chi connectivity index (χ2n) is 7.22. The first-order valence-electron chi connectivity index (χ1n) is 9.90. The highest BCUT2D eigenvalue weighted by molar-refractivity contribution is 5.91. The summed E-state index contributed by atoms with van der Waals surface area (Å²) in [5.74, 6) is 0.476. The zero-order valence-electron chi connectivity index (χ0n) is 17.1. The lowest BCUT2D eigenvalue weighted by Gasteiger charge is -2.28. The van der Waals surface area contributed by atoms with Crippen molar-refractivity contribution in [2.45, 2.75) is 19.1 Å². The number of ether oxygens (including phenoxy) is 1. The van der Waals surface area contributed by atoms with Crippen LogP contribution in [-0.2, 0) is 9.53 Å². The summed E-state index contributed by atoms with van der Waals surface area (Å²) in [4.78, 5) is 34.5. The molecule has 1 amide bonds. The number of hydrogen-bond donors (Lipinski definition) is 3. The van der Waals surface area contributed by atoms with Gasteiger partial charge >= 0.3 is 6.18 Å². The fourth-order valence-corrected chi connectivity index (χ4v) is 3.26. The molecule has 4 heterocycles. The van der Waals surface area contributed by atoms with Gasteiger partial charge in [0.1, 0.15) is 36.2 Å². The Hall–Kier alpha value is -3.48. The Morgan fingerprint density at radius 3 is 2.84 bits per heavy atom. The van der Waals surface area contributed by atoms with E-state index in [2.05, 4.69) is 30.2 Å². The SMILES string of the molecule is CC(Nc1cc(N2CCOCC2)nc(-c2c[nH]c3ncncc23)n1)C(=O)NCC(F)(F)F. The van der Waals surface area contributed by atoms with Gasteiger partial charge in [-0.15, -0.1) is 0 Å². The molecular formula is C19H21F3N8O2. The largest absolute Gasteiger partial charge is 0.405 e. The molecule has 1 atom stereocenters. The van der Waals surface area contributed by atoms with Crippen LogP contribution >= 0.6 is 0 Å². The molecule has 1 saturated heterocycles. The summed E-state index contributed by atoms with van der Waals surface area (Å²) in [5, 5.41) is 5.46. The molecular weight excluding hydrogens is 429 g/mol. The molecule has 0 aliphatic carbocycles. The molecule has 1 aliphatic heterocycles. The number of anilines is 2. The van der Waals surface area contributed by atoms with E-state index in [1.807, 2.05) is 10.2 Å². The number of morpholine rings is 1. The molecule has 0 aromatic carbocycles. The number of hydrogen-bond acceptors (Lipinski definition) is 8. The molecule has 3 aromatic heterocycles. The van der Waals surface area contributed by atoms with E-state index in [4.69, 9.17) is 4.74 Å². The Morgan fingerprint density at radius 1 is 1.31 bits per heavy atom. The first-order chi connectivity index (χ1) is 15.3. The Kier molecular flexibility index (Phi) is 6.08. The van der Waals surface area contributed by atoms with Crippen molar-refractivity contribution in [3.63, 3.8) is 0 Å². The fourth-order valence-electron chi connectivity index (χ4n) is 3.26. The number of carbonyl (C=O) groups excluding carboxylic acids is 1. The van der Waals surface area contributed by atoms with Gasteiger partial charge in [0, 0.05) is 42.5 Å². The molecule has 1 aliphatic rings. The molecule has 3 aromatic rings. The number of nitrogens with zero attached hydrogens (tertiary/aromatic N) is 5. The minimum atomic E-state index is -4.49. The summed E-state index contributed by atoms with van der Waals surface area (Å²) in [6, 6.07) is 0.706. The third kappa shape index (κ3) is 5.04. The van der Waals surface area contributed by atoms with Crippen molar-refractivity contribution in [1.82, 2.24) is 30.2 Å². The number of nitrogens with one attached hydrogen (secondary N) is 3. The van der Waals surface area contributed by atoms with Crippen molar-refractivity contribution >= 4 is 28.6 Å². The van der Waals surface area contributed by atoms with Crippen molar-refractivity contribution in [2.75, 3.05) is 43.1 Å². The maximum absolute atomic E-state index is 12.4. The molecule has 3 N–H and O–H groups in total. The zero-order valence-corrected chi connectivity index (χ0v) is 17.1. The van der Waals surface area contributed by atoms with E-state index >= 15 is 0 Å². The number of amides is 1. The average Bonchev–Trinajstić information content (AvgIpc) is 3.21. The Labute approximate surface area is 180 Å². The van der Waals surface area contributed by atoms with Crippen molar-refractivity contribution in [1.29, 1.82) is 0 Å². The first kappa shape index (κ1) is 21.7. The summed E-state index contributed by atoms with van der Waals surface area (Å²) in [7, 11) is 0. The normalized spacial score (nSPS) is 15.6. The Morgan fingerprint density at radius 2 is 2.09 bits per heavy atom. The van der Waals surface area contributed by atoms with Crippen LogP contribution in [0.2, 0.25) is 0 Å². The molecule has 0 saturated carbocycles. The summed E-state index contributed by atoms with van der Waals surface area (Å²) < 4.78 is 42.6. The van der Waals surface area contributed by atoms with Crippen LogP contribution in [-0.4, -0.2) is 75.9 Å². The van der Waals surface area contributed by atoms with E-state index in [-0.39, 0.29) is 0 Å². The smallest absolute Gasteiger partial charge is 0.378 e. The average molecular weight is 450 g/mol. The molecule has 13 heteroatoms. The maximum atomic E-state index is 12.4.